The first-order valence-electron chi connectivity index (χ1n) is 8.32. The van der Waals surface area contributed by atoms with Crippen LogP contribution in [-0.4, -0.2) is 25.7 Å². The molecule has 128 valence electrons. The summed E-state index contributed by atoms with van der Waals surface area (Å²) in [6.45, 7) is 7.91. The number of ether oxygens (including phenoxy) is 2. The number of para-hydroxylation sites is 1. The van der Waals surface area contributed by atoms with E-state index in [2.05, 4.69) is 19.2 Å². The zero-order valence-electron chi connectivity index (χ0n) is 14.5. The van der Waals surface area contributed by atoms with Gasteiger partial charge in [-0.2, -0.15) is 0 Å². The number of carbonyl (C=O) groups excluding carboxylic acids is 1. The molecule has 0 unspecified atom stereocenters. The van der Waals surface area contributed by atoms with Gasteiger partial charge in [-0.1, -0.05) is 32.0 Å². The fraction of sp³-hybridized carbons (Fsp3) is 0.350. The highest BCUT2D eigenvalue weighted by Gasteiger charge is 2.11. The zero-order valence-corrected chi connectivity index (χ0v) is 14.5. The molecule has 4 nitrogen and oxygen atoms in total. The molecule has 4 heteroatoms. The van der Waals surface area contributed by atoms with Crippen LogP contribution in [-0.2, 0) is 4.74 Å². The number of hydrogen-bond donors (Lipinski definition) is 1. The lowest BCUT2D eigenvalue weighted by Crippen LogP contribution is -2.13. The van der Waals surface area contributed by atoms with Gasteiger partial charge in [0.05, 0.1) is 6.61 Å². The Morgan fingerprint density at radius 3 is 2.42 bits per heavy atom. The van der Waals surface area contributed by atoms with Crippen LogP contribution in [0.5, 0.6) is 5.75 Å². The van der Waals surface area contributed by atoms with Crippen LogP contribution in [0.3, 0.4) is 0 Å². The van der Waals surface area contributed by atoms with Crippen LogP contribution in [0.1, 0.15) is 42.6 Å². The van der Waals surface area contributed by atoms with Crippen molar-refractivity contribution in [1.29, 1.82) is 0 Å². The van der Waals surface area contributed by atoms with Crippen LogP contribution in [0, 0.1) is 0 Å². The lowest BCUT2D eigenvalue weighted by molar-refractivity contribution is 0.102. The van der Waals surface area contributed by atoms with Crippen molar-refractivity contribution in [2.24, 2.45) is 0 Å². The molecule has 2 aromatic carbocycles. The lowest BCUT2D eigenvalue weighted by Gasteiger charge is -2.14. The van der Waals surface area contributed by atoms with E-state index in [4.69, 9.17) is 9.47 Å². The average Bonchev–Trinajstić information content (AvgIpc) is 2.59. The molecule has 0 aliphatic carbocycles. The second-order valence-electron chi connectivity index (χ2n) is 5.77. The van der Waals surface area contributed by atoms with Crippen LogP contribution in [0.15, 0.2) is 48.5 Å². The Kier molecular flexibility index (Phi) is 6.82. The third kappa shape index (κ3) is 5.10. The molecule has 2 aromatic rings. The summed E-state index contributed by atoms with van der Waals surface area (Å²) in [5.41, 5.74) is 2.59. The Hall–Kier alpha value is -2.33. The van der Waals surface area contributed by atoms with E-state index in [9.17, 15) is 4.79 Å². The van der Waals surface area contributed by atoms with Gasteiger partial charge >= 0.3 is 0 Å². The maximum Gasteiger partial charge on any atom is 0.255 e. The molecule has 0 heterocycles. The standard InChI is InChI=1S/C20H25NO3/c1-4-23-13-14-24-17-11-9-16(10-12-17)20(22)21-19-8-6-5-7-18(19)15(2)3/h5-12,15H,4,13-14H2,1-3H3,(H,21,22). The highest BCUT2D eigenvalue weighted by molar-refractivity contribution is 6.04. The third-order valence-corrected chi connectivity index (χ3v) is 3.65. The Morgan fingerprint density at radius 2 is 1.75 bits per heavy atom. The number of anilines is 1. The Balaban J connectivity index is 1.98. The van der Waals surface area contributed by atoms with E-state index >= 15 is 0 Å². The first-order valence-corrected chi connectivity index (χ1v) is 8.32. The summed E-state index contributed by atoms with van der Waals surface area (Å²) in [7, 11) is 0. The fourth-order valence-electron chi connectivity index (χ4n) is 2.37. The van der Waals surface area contributed by atoms with Crippen molar-refractivity contribution >= 4 is 11.6 Å². The van der Waals surface area contributed by atoms with Crippen molar-refractivity contribution in [3.63, 3.8) is 0 Å². The molecule has 0 spiro atoms. The van der Waals surface area contributed by atoms with Gasteiger partial charge in [0.1, 0.15) is 12.4 Å². The normalized spacial score (nSPS) is 10.7. The van der Waals surface area contributed by atoms with Crippen molar-refractivity contribution < 1.29 is 14.3 Å². The quantitative estimate of drug-likeness (QED) is 0.727. The minimum atomic E-state index is -0.121. The van der Waals surface area contributed by atoms with Gasteiger partial charge in [0.2, 0.25) is 0 Å². The van der Waals surface area contributed by atoms with Crippen LogP contribution in [0.25, 0.3) is 0 Å². The summed E-state index contributed by atoms with van der Waals surface area (Å²) < 4.78 is 10.8. The highest BCUT2D eigenvalue weighted by Crippen LogP contribution is 2.24. The molecule has 0 radical (unpaired) electrons. The fourth-order valence-corrected chi connectivity index (χ4v) is 2.37. The van der Waals surface area contributed by atoms with Gasteiger partial charge in [0.25, 0.3) is 5.91 Å². The molecule has 0 saturated carbocycles. The number of benzene rings is 2. The van der Waals surface area contributed by atoms with Gasteiger partial charge in [-0.3, -0.25) is 4.79 Å². The second kappa shape index (κ2) is 9.08. The van der Waals surface area contributed by atoms with Crippen molar-refractivity contribution in [2.75, 3.05) is 25.1 Å². The molecule has 0 aliphatic rings. The summed E-state index contributed by atoms with van der Waals surface area (Å²) >= 11 is 0. The number of hydrogen-bond acceptors (Lipinski definition) is 3. The summed E-state index contributed by atoms with van der Waals surface area (Å²) in [6.07, 6.45) is 0. The van der Waals surface area contributed by atoms with E-state index in [1.165, 1.54) is 0 Å². The first kappa shape index (κ1) is 18.0. The molecule has 1 N–H and O–H groups in total. The molecule has 24 heavy (non-hydrogen) atoms. The monoisotopic (exact) mass is 327 g/mol. The van der Waals surface area contributed by atoms with Gasteiger partial charge in [0, 0.05) is 17.9 Å². The minimum Gasteiger partial charge on any atom is -0.491 e. The molecule has 0 fully saturated rings. The highest BCUT2D eigenvalue weighted by atomic mass is 16.5. The molecule has 2 rings (SSSR count). The molecule has 0 saturated heterocycles. The van der Waals surface area contributed by atoms with Gasteiger partial charge in [-0.25, -0.2) is 0 Å². The van der Waals surface area contributed by atoms with Gasteiger partial charge in [-0.05, 0) is 48.7 Å². The Labute approximate surface area is 143 Å². The Morgan fingerprint density at radius 1 is 1.04 bits per heavy atom. The predicted molar refractivity (Wildman–Crippen MR) is 96.9 cm³/mol. The van der Waals surface area contributed by atoms with Gasteiger partial charge in [0.15, 0.2) is 0 Å². The Bertz CT molecular complexity index is 650. The van der Waals surface area contributed by atoms with E-state index in [1.807, 2.05) is 31.2 Å². The largest absolute Gasteiger partial charge is 0.491 e. The smallest absolute Gasteiger partial charge is 0.255 e. The van der Waals surface area contributed by atoms with Crippen LogP contribution in [0.4, 0.5) is 5.69 Å². The van der Waals surface area contributed by atoms with Crippen molar-refractivity contribution in [2.45, 2.75) is 26.7 Å². The van der Waals surface area contributed by atoms with Gasteiger partial charge in [-0.15, -0.1) is 0 Å². The van der Waals surface area contributed by atoms with E-state index < -0.39 is 0 Å². The molecule has 0 aromatic heterocycles. The number of rotatable bonds is 8. The van der Waals surface area contributed by atoms with E-state index in [0.717, 1.165) is 17.0 Å². The third-order valence-electron chi connectivity index (χ3n) is 3.65. The maximum atomic E-state index is 12.4. The second-order valence-corrected chi connectivity index (χ2v) is 5.77. The zero-order chi connectivity index (χ0) is 17.4. The first-order chi connectivity index (χ1) is 11.6. The summed E-state index contributed by atoms with van der Waals surface area (Å²) in [5.74, 6) is 0.959. The van der Waals surface area contributed by atoms with E-state index in [1.54, 1.807) is 24.3 Å². The predicted octanol–water partition coefficient (Wildman–Crippen LogP) is 4.48. The maximum absolute atomic E-state index is 12.4. The molecule has 0 atom stereocenters. The van der Waals surface area contributed by atoms with Crippen molar-refractivity contribution in [3.05, 3.63) is 59.7 Å². The number of nitrogens with one attached hydrogen (secondary N) is 1. The molecule has 0 aliphatic heterocycles. The van der Waals surface area contributed by atoms with Gasteiger partial charge < -0.3 is 14.8 Å². The molecular formula is C20H25NO3. The van der Waals surface area contributed by atoms with Crippen molar-refractivity contribution in [1.82, 2.24) is 0 Å². The van der Waals surface area contributed by atoms with E-state index in [-0.39, 0.29) is 5.91 Å². The molecule has 0 bridgehead atoms. The average molecular weight is 327 g/mol. The molecular weight excluding hydrogens is 302 g/mol. The number of carbonyl (C=O) groups is 1. The topological polar surface area (TPSA) is 47.6 Å². The summed E-state index contributed by atoms with van der Waals surface area (Å²) in [4.78, 5) is 12.4. The van der Waals surface area contributed by atoms with Crippen LogP contribution in [0.2, 0.25) is 0 Å². The molecule has 1 amide bonds. The van der Waals surface area contributed by atoms with E-state index in [0.29, 0.717) is 31.3 Å². The summed E-state index contributed by atoms with van der Waals surface area (Å²) in [6, 6.07) is 15.0. The summed E-state index contributed by atoms with van der Waals surface area (Å²) in [5, 5.41) is 2.99. The number of amides is 1. The van der Waals surface area contributed by atoms with Crippen LogP contribution < -0.4 is 10.1 Å². The van der Waals surface area contributed by atoms with Crippen molar-refractivity contribution in [3.8, 4) is 5.75 Å². The lowest BCUT2D eigenvalue weighted by atomic mass is 10.0. The van der Waals surface area contributed by atoms with Crippen LogP contribution >= 0.6 is 0 Å². The SMILES string of the molecule is CCOCCOc1ccc(C(=O)Nc2ccccc2C(C)C)cc1. The minimum absolute atomic E-state index is 0.121.